The summed E-state index contributed by atoms with van der Waals surface area (Å²) < 4.78 is 0. The third-order valence-corrected chi connectivity index (χ3v) is 1.90. The number of halogens is 2. The maximum absolute atomic E-state index is 11.3. The summed E-state index contributed by atoms with van der Waals surface area (Å²) in [5, 5.41) is 0.0571. The largest absolute Gasteiger partial charge is 0.293 e. The van der Waals surface area contributed by atoms with Gasteiger partial charge in [-0.25, -0.2) is 0 Å². The van der Waals surface area contributed by atoms with E-state index >= 15 is 0 Å². The van der Waals surface area contributed by atoms with Crippen LogP contribution in [0.2, 0.25) is 5.02 Å². The quantitative estimate of drug-likeness (QED) is 0.533. The Bertz CT molecular complexity index is 294. The van der Waals surface area contributed by atoms with Crippen LogP contribution in [0.1, 0.15) is 17.3 Å². The second-order valence-electron chi connectivity index (χ2n) is 2.49. The summed E-state index contributed by atoms with van der Waals surface area (Å²) in [5.74, 6) is -0.0980. The van der Waals surface area contributed by atoms with Gasteiger partial charge in [0.15, 0.2) is 5.78 Å². The van der Waals surface area contributed by atoms with Crippen molar-refractivity contribution in [1.82, 2.24) is 0 Å². The van der Waals surface area contributed by atoms with Crippen LogP contribution in [0.25, 0.3) is 0 Å². The number of carbonyl (C=O) groups excluding carboxylic acids is 1. The molecule has 0 radical (unpaired) electrons. The van der Waals surface area contributed by atoms with E-state index in [2.05, 4.69) is 0 Å². The fraction of sp³-hybridized carbons (Fsp3) is 0.222. The average molecular weight is 203 g/mol. The Morgan fingerprint density at radius 1 is 1.50 bits per heavy atom. The molecule has 0 amide bonds. The van der Waals surface area contributed by atoms with Gasteiger partial charge < -0.3 is 0 Å². The minimum atomic E-state index is -0.497. The van der Waals surface area contributed by atoms with Gasteiger partial charge in [0.25, 0.3) is 0 Å². The monoisotopic (exact) mass is 202 g/mol. The van der Waals surface area contributed by atoms with E-state index in [9.17, 15) is 4.79 Å². The molecular formula is C9H8Cl2O. The summed E-state index contributed by atoms with van der Waals surface area (Å²) in [6.07, 6.45) is 0. The molecule has 0 aromatic heterocycles. The van der Waals surface area contributed by atoms with Crippen LogP contribution in [-0.4, -0.2) is 11.2 Å². The predicted molar refractivity (Wildman–Crippen MR) is 51.1 cm³/mol. The highest BCUT2D eigenvalue weighted by Gasteiger charge is 2.11. The maximum Gasteiger partial charge on any atom is 0.180 e. The molecule has 0 bridgehead atoms. The second kappa shape index (κ2) is 3.92. The summed E-state index contributed by atoms with van der Waals surface area (Å²) in [4.78, 5) is 11.3. The highest BCUT2D eigenvalue weighted by atomic mass is 35.5. The molecule has 12 heavy (non-hydrogen) atoms. The molecule has 0 aliphatic heterocycles. The molecule has 0 spiro atoms. The van der Waals surface area contributed by atoms with Gasteiger partial charge in [0, 0.05) is 10.6 Å². The Balaban J connectivity index is 2.96. The van der Waals surface area contributed by atoms with E-state index < -0.39 is 5.38 Å². The molecule has 1 aromatic carbocycles. The molecule has 0 unspecified atom stereocenters. The summed E-state index contributed by atoms with van der Waals surface area (Å²) in [5.41, 5.74) is 0.560. The first-order valence-corrected chi connectivity index (χ1v) is 4.36. The van der Waals surface area contributed by atoms with E-state index in [0.29, 0.717) is 10.6 Å². The minimum Gasteiger partial charge on any atom is -0.293 e. The molecule has 1 rings (SSSR count). The topological polar surface area (TPSA) is 17.1 Å². The lowest BCUT2D eigenvalue weighted by Gasteiger charge is -2.01. The van der Waals surface area contributed by atoms with Crippen molar-refractivity contribution in [2.45, 2.75) is 12.3 Å². The number of ketones is 1. The highest BCUT2D eigenvalue weighted by molar-refractivity contribution is 6.34. The summed E-state index contributed by atoms with van der Waals surface area (Å²) in [7, 11) is 0. The smallest absolute Gasteiger partial charge is 0.180 e. The lowest BCUT2D eigenvalue weighted by molar-refractivity contribution is 0.0992. The van der Waals surface area contributed by atoms with Crippen molar-refractivity contribution >= 4 is 29.0 Å². The number of carbonyl (C=O) groups is 1. The zero-order chi connectivity index (χ0) is 9.14. The van der Waals surface area contributed by atoms with Crippen LogP contribution in [0.4, 0.5) is 0 Å². The fourth-order valence-corrected chi connectivity index (χ4v) is 1.19. The molecule has 0 saturated carbocycles. The lowest BCUT2D eigenvalue weighted by Crippen LogP contribution is -2.09. The molecule has 3 heteroatoms. The molecule has 0 aliphatic carbocycles. The molecular weight excluding hydrogens is 195 g/mol. The number of rotatable bonds is 2. The van der Waals surface area contributed by atoms with Gasteiger partial charge in [-0.3, -0.25) is 4.79 Å². The molecule has 1 aromatic rings. The van der Waals surface area contributed by atoms with Crippen LogP contribution in [-0.2, 0) is 0 Å². The number of benzene rings is 1. The zero-order valence-electron chi connectivity index (χ0n) is 6.55. The fourth-order valence-electron chi connectivity index (χ4n) is 0.871. The van der Waals surface area contributed by atoms with Gasteiger partial charge in [-0.1, -0.05) is 23.7 Å². The van der Waals surface area contributed by atoms with E-state index in [1.165, 1.54) is 0 Å². The average Bonchev–Trinajstić information content (AvgIpc) is 2.03. The molecule has 64 valence electrons. The Kier molecular flexibility index (Phi) is 3.12. The molecule has 1 nitrogen and oxygen atoms in total. The van der Waals surface area contributed by atoms with Crippen molar-refractivity contribution in [3.8, 4) is 0 Å². The van der Waals surface area contributed by atoms with Gasteiger partial charge in [-0.2, -0.15) is 0 Å². The van der Waals surface area contributed by atoms with Crippen molar-refractivity contribution in [3.05, 3.63) is 34.9 Å². The highest BCUT2D eigenvalue weighted by Crippen LogP contribution is 2.13. The van der Waals surface area contributed by atoms with E-state index in [0.717, 1.165) is 0 Å². The number of hydrogen-bond acceptors (Lipinski definition) is 1. The Morgan fingerprint density at radius 2 is 2.17 bits per heavy atom. The van der Waals surface area contributed by atoms with Gasteiger partial charge >= 0.3 is 0 Å². The summed E-state index contributed by atoms with van der Waals surface area (Å²) >= 11 is 11.3. The van der Waals surface area contributed by atoms with E-state index in [-0.39, 0.29) is 5.78 Å². The van der Waals surface area contributed by atoms with E-state index in [1.54, 1.807) is 31.2 Å². The Morgan fingerprint density at radius 3 is 2.67 bits per heavy atom. The molecule has 0 heterocycles. The van der Waals surface area contributed by atoms with E-state index in [1.807, 2.05) is 0 Å². The van der Waals surface area contributed by atoms with Crippen molar-refractivity contribution in [2.24, 2.45) is 0 Å². The van der Waals surface area contributed by atoms with Crippen molar-refractivity contribution in [2.75, 3.05) is 0 Å². The molecule has 0 N–H and O–H groups in total. The van der Waals surface area contributed by atoms with Crippen molar-refractivity contribution < 1.29 is 4.79 Å². The molecule has 0 saturated heterocycles. The van der Waals surface area contributed by atoms with Gasteiger partial charge in [-0.05, 0) is 19.1 Å². The van der Waals surface area contributed by atoms with E-state index in [4.69, 9.17) is 23.2 Å². The van der Waals surface area contributed by atoms with Crippen molar-refractivity contribution in [1.29, 1.82) is 0 Å². The Hall–Kier alpha value is -0.530. The van der Waals surface area contributed by atoms with Gasteiger partial charge in [0.1, 0.15) is 0 Å². The Labute approximate surface area is 81.3 Å². The van der Waals surface area contributed by atoms with Crippen LogP contribution in [0.3, 0.4) is 0 Å². The van der Waals surface area contributed by atoms with Crippen LogP contribution in [0, 0.1) is 0 Å². The summed E-state index contributed by atoms with van der Waals surface area (Å²) in [6, 6.07) is 6.77. The number of Topliss-reactive ketones (excluding diaryl/α,β-unsaturated/α-hetero) is 1. The number of alkyl halides is 1. The first-order chi connectivity index (χ1) is 5.61. The lowest BCUT2D eigenvalue weighted by atomic mass is 10.1. The van der Waals surface area contributed by atoms with Gasteiger partial charge in [0.2, 0.25) is 0 Å². The number of hydrogen-bond donors (Lipinski definition) is 0. The van der Waals surface area contributed by atoms with Gasteiger partial charge in [0.05, 0.1) is 5.38 Å². The van der Waals surface area contributed by atoms with Crippen molar-refractivity contribution in [3.63, 3.8) is 0 Å². The maximum atomic E-state index is 11.3. The third kappa shape index (κ3) is 2.23. The normalized spacial score (nSPS) is 12.6. The minimum absolute atomic E-state index is 0.0980. The predicted octanol–water partition coefficient (Wildman–Crippen LogP) is 3.15. The molecule has 0 fully saturated rings. The molecule has 0 aliphatic rings. The molecule has 1 atom stereocenters. The standard InChI is InChI=1S/C9H8Cl2O/c1-6(10)9(12)7-3-2-4-8(11)5-7/h2-6H,1H3/t6-/m0/s1. The van der Waals surface area contributed by atoms with Crippen LogP contribution in [0.15, 0.2) is 24.3 Å². The van der Waals surface area contributed by atoms with Crippen LogP contribution >= 0.6 is 23.2 Å². The SMILES string of the molecule is C[C@H](Cl)C(=O)c1cccc(Cl)c1. The second-order valence-corrected chi connectivity index (χ2v) is 3.58. The van der Waals surface area contributed by atoms with Crippen LogP contribution < -0.4 is 0 Å². The third-order valence-electron chi connectivity index (χ3n) is 1.47. The van der Waals surface area contributed by atoms with Gasteiger partial charge in [-0.15, -0.1) is 11.6 Å². The summed E-state index contributed by atoms with van der Waals surface area (Å²) in [6.45, 7) is 1.64. The van der Waals surface area contributed by atoms with Crippen LogP contribution in [0.5, 0.6) is 0 Å². The first-order valence-electron chi connectivity index (χ1n) is 3.55. The first kappa shape index (κ1) is 9.56. The zero-order valence-corrected chi connectivity index (χ0v) is 8.06.